The summed E-state index contributed by atoms with van der Waals surface area (Å²) in [5.74, 6) is -0.235. The number of methoxy groups -OCH3 is 1. The number of rotatable bonds is 8. The first-order valence-corrected chi connectivity index (χ1v) is 12.0. The van der Waals surface area contributed by atoms with Crippen molar-refractivity contribution in [3.05, 3.63) is 0 Å². The fourth-order valence-electron chi connectivity index (χ4n) is 4.11. The van der Waals surface area contributed by atoms with E-state index in [9.17, 15) is 10.2 Å². The molecule has 0 aromatic heterocycles. The number of hydrogen-bond donors (Lipinski definition) is 2. The minimum Gasteiger partial charge on any atom is -0.413 e. The average Bonchev–Trinajstić information content (AvgIpc) is 2.65. The zero-order chi connectivity index (χ0) is 18.5. The van der Waals surface area contributed by atoms with Gasteiger partial charge in [-0.2, -0.15) is 0 Å². The topological polar surface area (TPSA) is 68.2 Å². The molecular weight excluding hydrogens is 324 g/mol. The van der Waals surface area contributed by atoms with Crippen molar-refractivity contribution in [1.29, 1.82) is 0 Å². The Balaban J connectivity index is 3.14. The molecule has 5 nitrogen and oxygen atoms in total. The lowest BCUT2D eigenvalue weighted by molar-refractivity contribution is -0.134. The first-order valence-electron chi connectivity index (χ1n) is 9.42. The Kier molecular flexibility index (Phi) is 8.86. The minimum atomic E-state index is -1.82. The second-order valence-electron chi connectivity index (χ2n) is 7.42. The maximum absolute atomic E-state index is 10.6. The van der Waals surface area contributed by atoms with Gasteiger partial charge in [0.2, 0.25) is 0 Å². The SMILES string of the molecule is CC[Si](CC)(CC)O[C@H]1[C@@H](C)[C@H](OCOC)[C@H](C)[C@H](O)C(O)[C@H]1C. The molecule has 7 atom stereocenters. The Morgan fingerprint density at radius 3 is 1.67 bits per heavy atom. The van der Waals surface area contributed by atoms with Crippen LogP contribution in [0.2, 0.25) is 18.1 Å². The maximum Gasteiger partial charge on any atom is 0.192 e. The van der Waals surface area contributed by atoms with E-state index in [0.717, 1.165) is 18.1 Å². The molecule has 0 aromatic carbocycles. The van der Waals surface area contributed by atoms with Crippen molar-refractivity contribution in [2.24, 2.45) is 17.8 Å². The molecule has 0 spiro atoms. The third-order valence-corrected chi connectivity index (χ3v) is 10.8. The molecule has 0 saturated heterocycles. The van der Waals surface area contributed by atoms with Crippen LogP contribution >= 0.6 is 0 Å². The molecule has 24 heavy (non-hydrogen) atoms. The first-order chi connectivity index (χ1) is 11.3. The van der Waals surface area contributed by atoms with Gasteiger partial charge in [-0.3, -0.25) is 0 Å². The molecular formula is C18H38O5Si. The third kappa shape index (κ3) is 4.59. The van der Waals surface area contributed by atoms with Gasteiger partial charge in [-0.05, 0) is 18.1 Å². The van der Waals surface area contributed by atoms with Gasteiger partial charge in [0.05, 0.1) is 24.4 Å². The highest BCUT2D eigenvalue weighted by atomic mass is 28.4. The second kappa shape index (κ2) is 9.64. The van der Waals surface area contributed by atoms with Gasteiger partial charge < -0.3 is 24.1 Å². The smallest absolute Gasteiger partial charge is 0.192 e. The molecule has 1 fully saturated rings. The van der Waals surface area contributed by atoms with Crippen molar-refractivity contribution >= 4 is 8.32 Å². The van der Waals surface area contributed by atoms with Crippen LogP contribution in [0.1, 0.15) is 41.5 Å². The molecule has 144 valence electrons. The molecule has 0 aromatic rings. The van der Waals surface area contributed by atoms with Crippen molar-refractivity contribution < 1.29 is 24.1 Å². The van der Waals surface area contributed by atoms with Gasteiger partial charge in [-0.25, -0.2) is 0 Å². The number of aliphatic hydroxyl groups excluding tert-OH is 2. The average molecular weight is 363 g/mol. The Morgan fingerprint density at radius 1 is 0.792 bits per heavy atom. The van der Waals surface area contributed by atoms with E-state index in [-0.39, 0.29) is 36.8 Å². The van der Waals surface area contributed by atoms with Crippen molar-refractivity contribution in [1.82, 2.24) is 0 Å². The second-order valence-corrected chi connectivity index (χ2v) is 12.1. The van der Waals surface area contributed by atoms with E-state index < -0.39 is 20.5 Å². The molecule has 2 N–H and O–H groups in total. The van der Waals surface area contributed by atoms with Crippen LogP contribution in [-0.2, 0) is 13.9 Å². The molecule has 1 aliphatic carbocycles. The van der Waals surface area contributed by atoms with Crippen molar-refractivity contribution in [3.8, 4) is 0 Å². The number of hydrogen-bond acceptors (Lipinski definition) is 5. The fourth-order valence-corrected chi connectivity index (χ4v) is 7.12. The molecule has 6 heteroatoms. The first kappa shape index (κ1) is 22.1. The highest BCUT2D eigenvalue weighted by molar-refractivity contribution is 6.73. The van der Waals surface area contributed by atoms with Gasteiger partial charge in [-0.1, -0.05) is 41.5 Å². The minimum absolute atomic E-state index is 0.0773. The van der Waals surface area contributed by atoms with Crippen LogP contribution in [0.25, 0.3) is 0 Å². The van der Waals surface area contributed by atoms with Crippen LogP contribution in [0.3, 0.4) is 0 Å². The molecule has 1 unspecified atom stereocenters. The normalized spacial score (nSPS) is 38.1. The summed E-state index contributed by atoms with van der Waals surface area (Å²) in [6.07, 6.45) is -1.95. The molecule has 1 saturated carbocycles. The van der Waals surface area contributed by atoms with Crippen molar-refractivity contribution in [3.63, 3.8) is 0 Å². The van der Waals surface area contributed by atoms with Gasteiger partial charge in [0.15, 0.2) is 8.32 Å². The summed E-state index contributed by atoms with van der Waals surface area (Å²) in [5.41, 5.74) is 0. The van der Waals surface area contributed by atoms with Crippen LogP contribution in [0.15, 0.2) is 0 Å². The fraction of sp³-hybridized carbons (Fsp3) is 1.00. The van der Waals surface area contributed by atoms with Gasteiger partial charge in [0.25, 0.3) is 0 Å². The highest BCUT2D eigenvalue weighted by Gasteiger charge is 2.48. The van der Waals surface area contributed by atoms with E-state index in [2.05, 4.69) is 27.7 Å². The lowest BCUT2D eigenvalue weighted by Gasteiger charge is -2.40. The van der Waals surface area contributed by atoms with Gasteiger partial charge in [0, 0.05) is 24.9 Å². The van der Waals surface area contributed by atoms with Crippen LogP contribution in [0, 0.1) is 17.8 Å². The summed E-state index contributed by atoms with van der Waals surface area (Å²) < 4.78 is 17.7. The Morgan fingerprint density at radius 2 is 1.25 bits per heavy atom. The van der Waals surface area contributed by atoms with E-state index in [1.807, 2.05) is 13.8 Å². The highest BCUT2D eigenvalue weighted by Crippen LogP contribution is 2.38. The molecule has 0 heterocycles. The summed E-state index contributed by atoms with van der Waals surface area (Å²) in [4.78, 5) is 0. The third-order valence-electron chi connectivity index (χ3n) is 6.20. The van der Waals surface area contributed by atoms with E-state index in [1.165, 1.54) is 0 Å². The molecule has 0 radical (unpaired) electrons. The van der Waals surface area contributed by atoms with Gasteiger partial charge >= 0.3 is 0 Å². The quantitative estimate of drug-likeness (QED) is 0.395. The Bertz CT molecular complexity index is 355. The largest absolute Gasteiger partial charge is 0.413 e. The summed E-state index contributed by atoms with van der Waals surface area (Å²) in [6, 6.07) is 3.19. The molecule has 0 bridgehead atoms. The maximum atomic E-state index is 10.6. The predicted molar refractivity (Wildman–Crippen MR) is 98.3 cm³/mol. The summed E-state index contributed by atoms with van der Waals surface area (Å²) in [6.45, 7) is 12.8. The predicted octanol–water partition coefficient (Wildman–Crippen LogP) is 3.01. The van der Waals surface area contributed by atoms with E-state index in [4.69, 9.17) is 13.9 Å². The number of ether oxygens (including phenoxy) is 2. The Hall–Kier alpha value is 0.0169. The monoisotopic (exact) mass is 362 g/mol. The zero-order valence-corrected chi connectivity index (χ0v) is 17.5. The van der Waals surface area contributed by atoms with Gasteiger partial charge in [0.1, 0.15) is 6.79 Å². The Labute approximate surface area is 148 Å². The van der Waals surface area contributed by atoms with E-state index >= 15 is 0 Å². The van der Waals surface area contributed by atoms with Crippen LogP contribution < -0.4 is 0 Å². The van der Waals surface area contributed by atoms with Crippen molar-refractivity contribution in [2.75, 3.05) is 13.9 Å². The lowest BCUT2D eigenvalue weighted by Crippen LogP contribution is -2.48. The lowest BCUT2D eigenvalue weighted by atomic mass is 9.88. The molecule has 1 aliphatic rings. The summed E-state index contributed by atoms with van der Waals surface area (Å²) in [7, 11) is -0.230. The standard InChI is InChI=1S/C18H38O5Si/c1-8-24(9-2,10-3)23-18-13(5)16(20)15(19)12(4)17(14(18)6)22-11-21-7/h12-20H,8-11H2,1-7H3/t12-,13-,14+,15+,16?,17-,18-/m1/s1. The van der Waals surface area contributed by atoms with Gasteiger partial charge in [-0.15, -0.1) is 0 Å². The summed E-state index contributed by atoms with van der Waals surface area (Å²) in [5, 5.41) is 21.2. The molecule has 0 aliphatic heterocycles. The number of aliphatic hydroxyl groups is 2. The molecule has 0 amide bonds. The zero-order valence-electron chi connectivity index (χ0n) is 16.5. The molecule has 1 rings (SSSR count). The van der Waals surface area contributed by atoms with E-state index in [0.29, 0.717) is 0 Å². The van der Waals surface area contributed by atoms with Crippen molar-refractivity contribution in [2.45, 2.75) is 84.1 Å². The van der Waals surface area contributed by atoms with Crippen LogP contribution in [0.5, 0.6) is 0 Å². The summed E-state index contributed by atoms with van der Waals surface area (Å²) >= 11 is 0. The van der Waals surface area contributed by atoms with E-state index in [1.54, 1.807) is 7.11 Å². The van der Waals surface area contributed by atoms with Crippen LogP contribution in [0.4, 0.5) is 0 Å². The van der Waals surface area contributed by atoms with Crippen LogP contribution in [-0.4, -0.2) is 56.8 Å².